The van der Waals surface area contributed by atoms with Crippen molar-refractivity contribution >= 4 is 11.5 Å². The molecule has 0 radical (unpaired) electrons. The lowest BCUT2D eigenvalue weighted by Gasteiger charge is -2.23. The number of alkyl halides is 3. The number of benzene rings is 1. The van der Waals surface area contributed by atoms with E-state index in [1.165, 1.54) is 18.2 Å². The molecule has 0 N–H and O–H groups in total. The van der Waals surface area contributed by atoms with Crippen LogP contribution in [-0.4, -0.2) is 25.0 Å². The van der Waals surface area contributed by atoms with Crippen LogP contribution in [0.25, 0.3) is 0 Å². The summed E-state index contributed by atoms with van der Waals surface area (Å²) >= 11 is 0. The van der Waals surface area contributed by atoms with Crippen LogP contribution < -0.4 is 4.90 Å². The highest BCUT2D eigenvalue weighted by Gasteiger charge is 2.40. The largest absolute Gasteiger partial charge is 0.454 e. The Bertz CT molecular complexity index is 397. The molecule has 1 rings (SSSR count). The number of rotatable bonds is 4. The van der Waals surface area contributed by atoms with Crippen molar-refractivity contribution in [2.45, 2.75) is 20.0 Å². The predicted molar refractivity (Wildman–Crippen MR) is 60.4 cm³/mol. The van der Waals surface area contributed by atoms with E-state index in [0.29, 0.717) is 18.8 Å². The average molecular weight is 245 g/mol. The summed E-state index contributed by atoms with van der Waals surface area (Å²) in [5.74, 6) is -1.79. The molecular weight excluding hydrogens is 231 g/mol. The van der Waals surface area contributed by atoms with Gasteiger partial charge in [-0.2, -0.15) is 13.2 Å². The summed E-state index contributed by atoms with van der Waals surface area (Å²) in [5, 5.41) is 0. The Balaban J connectivity index is 3.21. The standard InChI is InChI=1S/C12H14F3NO/c1-3-16(4-2)10-8-6-5-7-9(10)11(17)12(13,14)15/h5-8H,3-4H2,1-2H3. The van der Waals surface area contributed by atoms with Crippen LogP contribution in [0.5, 0.6) is 0 Å². The van der Waals surface area contributed by atoms with Gasteiger partial charge in [0, 0.05) is 18.8 Å². The van der Waals surface area contributed by atoms with E-state index in [2.05, 4.69) is 0 Å². The number of carbonyl (C=O) groups is 1. The van der Waals surface area contributed by atoms with E-state index >= 15 is 0 Å². The zero-order chi connectivity index (χ0) is 13.1. The van der Waals surface area contributed by atoms with E-state index in [1.54, 1.807) is 11.0 Å². The first-order valence-electron chi connectivity index (χ1n) is 5.37. The van der Waals surface area contributed by atoms with Crippen LogP contribution >= 0.6 is 0 Å². The Kier molecular flexibility index (Phi) is 4.15. The highest BCUT2D eigenvalue weighted by molar-refractivity contribution is 6.04. The smallest absolute Gasteiger partial charge is 0.371 e. The molecule has 0 atom stereocenters. The first kappa shape index (κ1) is 13.5. The van der Waals surface area contributed by atoms with Crippen molar-refractivity contribution in [3.05, 3.63) is 29.8 Å². The van der Waals surface area contributed by atoms with Gasteiger partial charge in [0.2, 0.25) is 0 Å². The first-order chi connectivity index (χ1) is 7.91. The Morgan fingerprint density at radius 3 is 2.18 bits per heavy atom. The fourth-order valence-corrected chi connectivity index (χ4v) is 1.66. The quantitative estimate of drug-likeness (QED) is 0.759. The zero-order valence-corrected chi connectivity index (χ0v) is 9.71. The lowest BCUT2D eigenvalue weighted by molar-refractivity contribution is -0.0884. The third-order valence-electron chi connectivity index (χ3n) is 2.51. The molecule has 0 saturated heterocycles. The minimum absolute atomic E-state index is 0.288. The van der Waals surface area contributed by atoms with Crippen LogP contribution in [0.15, 0.2) is 24.3 Å². The maximum atomic E-state index is 12.4. The molecule has 0 aromatic heterocycles. The molecule has 0 fully saturated rings. The number of para-hydroxylation sites is 1. The van der Waals surface area contributed by atoms with Gasteiger partial charge < -0.3 is 4.90 Å². The van der Waals surface area contributed by atoms with Crippen molar-refractivity contribution in [1.82, 2.24) is 0 Å². The first-order valence-corrected chi connectivity index (χ1v) is 5.37. The Hall–Kier alpha value is -1.52. The minimum atomic E-state index is -4.83. The third-order valence-corrected chi connectivity index (χ3v) is 2.51. The van der Waals surface area contributed by atoms with Crippen LogP contribution in [-0.2, 0) is 0 Å². The second kappa shape index (κ2) is 5.21. The average Bonchev–Trinajstić information content (AvgIpc) is 2.29. The van der Waals surface area contributed by atoms with E-state index < -0.39 is 12.0 Å². The molecule has 0 heterocycles. The topological polar surface area (TPSA) is 20.3 Å². The number of hydrogen-bond donors (Lipinski definition) is 0. The SMILES string of the molecule is CCN(CC)c1ccccc1C(=O)C(F)(F)F. The van der Waals surface area contributed by atoms with Crippen LogP contribution in [0.4, 0.5) is 18.9 Å². The molecular formula is C12H14F3NO. The summed E-state index contributed by atoms with van der Waals surface area (Å²) in [7, 11) is 0. The molecule has 0 saturated carbocycles. The molecule has 0 bridgehead atoms. The number of anilines is 1. The Morgan fingerprint density at radius 1 is 1.18 bits per heavy atom. The molecule has 0 amide bonds. The highest BCUT2D eigenvalue weighted by atomic mass is 19.4. The summed E-state index contributed by atoms with van der Waals surface area (Å²) in [4.78, 5) is 13.0. The van der Waals surface area contributed by atoms with Crippen LogP contribution in [0.3, 0.4) is 0 Å². The van der Waals surface area contributed by atoms with E-state index in [0.717, 1.165) is 0 Å². The Labute approximate surface area is 98.0 Å². The number of nitrogens with zero attached hydrogens (tertiary/aromatic N) is 1. The van der Waals surface area contributed by atoms with E-state index in [9.17, 15) is 18.0 Å². The Morgan fingerprint density at radius 2 is 1.71 bits per heavy atom. The van der Waals surface area contributed by atoms with Crippen LogP contribution in [0.1, 0.15) is 24.2 Å². The lowest BCUT2D eigenvalue weighted by Crippen LogP contribution is -2.28. The van der Waals surface area contributed by atoms with Gasteiger partial charge in [-0.1, -0.05) is 12.1 Å². The normalized spacial score (nSPS) is 11.4. The molecule has 2 nitrogen and oxygen atoms in total. The number of hydrogen-bond acceptors (Lipinski definition) is 2. The van der Waals surface area contributed by atoms with Gasteiger partial charge in [0.1, 0.15) is 0 Å². The predicted octanol–water partition coefficient (Wildman–Crippen LogP) is 3.28. The minimum Gasteiger partial charge on any atom is -0.371 e. The molecule has 17 heavy (non-hydrogen) atoms. The fourth-order valence-electron chi connectivity index (χ4n) is 1.66. The highest BCUT2D eigenvalue weighted by Crippen LogP contribution is 2.28. The number of ketones is 1. The molecule has 0 aliphatic heterocycles. The van der Waals surface area contributed by atoms with Gasteiger partial charge in [-0.3, -0.25) is 4.79 Å². The summed E-state index contributed by atoms with van der Waals surface area (Å²) in [5.41, 5.74) is 0.0449. The lowest BCUT2D eigenvalue weighted by atomic mass is 10.1. The maximum Gasteiger partial charge on any atom is 0.454 e. The van der Waals surface area contributed by atoms with Gasteiger partial charge in [-0.15, -0.1) is 0 Å². The van der Waals surface area contributed by atoms with Crippen molar-refractivity contribution in [2.24, 2.45) is 0 Å². The zero-order valence-electron chi connectivity index (χ0n) is 9.71. The number of Topliss-reactive ketones (excluding diaryl/α,β-unsaturated/α-hetero) is 1. The van der Waals surface area contributed by atoms with Crippen LogP contribution in [0, 0.1) is 0 Å². The molecule has 0 aliphatic rings. The number of halogens is 3. The maximum absolute atomic E-state index is 12.4. The molecule has 94 valence electrons. The fraction of sp³-hybridized carbons (Fsp3) is 0.417. The van der Waals surface area contributed by atoms with Crippen molar-refractivity contribution in [1.29, 1.82) is 0 Å². The van der Waals surface area contributed by atoms with E-state index in [4.69, 9.17) is 0 Å². The van der Waals surface area contributed by atoms with E-state index in [1.807, 2.05) is 13.8 Å². The number of carbonyl (C=O) groups excluding carboxylic acids is 1. The van der Waals surface area contributed by atoms with Gasteiger partial charge in [0.05, 0.1) is 5.56 Å². The molecule has 1 aromatic rings. The summed E-state index contributed by atoms with van der Waals surface area (Å²) in [6.45, 7) is 4.77. The summed E-state index contributed by atoms with van der Waals surface area (Å²) < 4.78 is 37.3. The molecule has 1 aromatic carbocycles. The van der Waals surface area contributed by atoms with Gasteiger partial charge >= 0.3 is 6.18 Å². The molecule has 0 spiro atoms. The summed E-state index contributed by atoms with van der Waals surface area (Å²) in [6, 6.07) is 5.81. The second-order valence-electron chi connectivity index (χ2n) is 3.52. The monoisotopic (exact) mass is 245 g/mol. The van der Waals surface area contributed by atoms with Gasteiger partial charge in [0.25, 0.3) is 5.78 Å². The van der Waals surface area contributed by atoms with Crippen molar-refractivity contribution < 1.29 is 18.0 Å². The molecule has 0 aliphatic carbocycles. The van der Waals surface area contributed by atoms with Crippen molar-refractivity contribution in [2.75, 3.05) is 18.0 Å². The van der Waals surface area contributed by atoms with Crippen LogP contribution in [0.2, 0.25) is 0 Å². The van der Waals surface area contributed by atoms with E-state index in [-0.39, 0.29) is 5.56 Å². The third kappa shape index (κ3) is 2.99. The molecule has 0 unspecified atom stereocenters. The van der Waals surface area contributed by atoms with Gasteiger partial charge in [-0.25, -0.2) is 0 Å². The second-order valence-corrected chi connectivity index (χ2v) is 3.52. The summed E-state index contributed by atoms with van der Waals surface area (Å²) in [6.07, 6.45) is -4.83. The van der Waals surface area contributed by atoms with Crippen molar-refractivity contribution in [3.63, 3.8) is 0 Å². The van der Waals surface area contributed by atoms with Crippen molar-refractivity contribution in [3.8, 4) is 0 Å². The van der Waals surface area contributed by atoms with Gasteiger partial charge in [-0.05, 0) is 26.0 Å². The molecule has 5 heteroatoms. The van der Waals surface area contributed by atoms with Gasteiger partial charge in [0.15, 0.2) is 0 Å².